The molecule has 0 spiro atoms. The summed E-state index contributed by atoms with van der Waals surface area (Å²) in [5.74, 6) is -0.794. The van der Waals surface area contributed by atoms with Gasteiger partial charge in [-0.05, 0) is 41.3 Å². The van der Waals surface area contributed by atoms with Gasteiger partial charge in [-0.3, -0.25) is 9.78 Å². The molecule has 4 rings (SSSR count). The minimum Gasteiger partial charge on any atom is -0.460 e. The molecule has 0 unspecified atom stereocenters. The standard InChI is InChI=1S/C33H37N3O6/c37-32(36-30-12-11-29-24-34-14-13-28(29)23-30)31(26-7-3-1-4-8-26)25-35-15-16-39-17-18-40-19-20-41-21-22-42-33(38)27-9-5-2-6-10-27/h1-14,23-24,31,35H,15-22,25H2,(H,36,37)/t31-/m1/s1. The minimum absolute atomic E-state index is 0.0759. The quantitative estimate of drug-likeness (QED) is 0.133. The third kappa shape index (κ3) is 10.4. The van der Waals surface area contributed by atoms with Crippen LogP contribution in [-0.4, -0.2) is 76.2 Å². The summed E-state index contributed by atoms with van der Waals surface area (Å²) in [7, 11) is 0. The van der Waals surface area contributed by atoms with E-state index in [1.54, 1.807) is 36.7 Å². The second-order valence-corrected chi connectivity index (χ2v) is 9.43. The van der Waals surface area contributed by atoms with E-state index >= 15 is 0 Å². The molecule has 0 saturated heterocycles. The Morgan fingerprint density at radius 1 is 0.714 bits per heavy atom. The number of aromatic nitrogens is 1. The van der Waals surface area contributed by atoms with Crippen molar-refractivity contribution in [1.82, 2.24) is 10.3 Å². The van der Waals surface area contributed by atoms with E-state index in [1.165, 1.54) is 0 Å². The Balaban J connectivity index is 1.06. The lowest BCUT2D eigenvalue weighted by atomic mass is 9.98. The Kier molecular flexibility index (Phi) is 12.9. The molecule has 2 N–H and O–H groups in total. The molecule has 0 saturated carbocycles. The van der Waals surface area contributed by atoms with Gasteiger partial charge in [-0.2, -0.15) is 0 Å². The number of amides is 1. The summed E-state index contributed by atoms with van der Waals surface area (Å²) in [5, 5.41) is 8.44. The first-order chi connectivity index (χ1) is 20.7. The number of carbonyl (C=O) groups is 2. The van der Waals surface area contributed by atoms with Crippen LogP contribution in [-0.2, 0) is 23.7 Å². The van der Waals surface area contributed by atoms with E-state index in [9.17, 15) is 9.59 Å². The predicted octanol–water partition coefficient (Wildman–Crippen LogP) is 4.45. The van der Waals surface area contributed by atoms with E-state index in [4.69, 9.17) is 18.9 Å². The first-order valence-corrected chi connectivity index (χ1v) is 14.1. The Morgan fingerprint density at radius 2 is 1.38 bits per heavy atom. The smallest absolute Gasteiger partial charge is 0.338 e. The number of benzene rings is 3. The van der Waals surface area contributed by atoms with Crippen molar-refractivity contribution in [3.63, 3.8) is 0 Å². The second kappa shape index (κ2) is 17.6. The van der Waals surface area contributed by atoms with E-state index in [-0.39, 0.29) is 24.4 Å². The molecule has 220 valence electrons. The lowest BCUT2D eigenvalue weighted by Gasteiger charge is -2.18. The van der Waals surface area contributed by atoms with Crippen LogP contribution in [0.2, 0.25) is 0 Å². The summed E-state index contributed by atoms with van der Waals surface area (Å²) >= 11 is 0. The molecule has 1 aromatic heterocycles. The topological polar surface area (TPSA) is 108 Å². The van der Waals surface area contributed by atoms with Gasteiger partial charge in [0, 0.05) is 36.6 Å². The number of hydrogen-bond acceptors (Lipinski definition) is 8. The molecule has 1 amide bonds. The molecule has 3 aromatic carbocycles. The van der Waals surface area contributed by atoms with Crippen molar-refractivity contribution in [2.24, 2.45) is 0 Å². The third-order valence-corrected chi connectivity index (χ3v) is 6.41. The van der Waals surface area contributed by atoms with Crippen molar-refractivity contribution in [1.29, 1.82) is 0 Å². The van der Waals surface area contributed by atoms with E-state index in [0.717, 1.165) is 22.0 Å². The number of pyridine rings is 1. The summed E-state index contributed by atoms with van der Waals surface area (Å²) in [6.07, 6.45) is 3.54. The zero-order valence-corrected chi connectivity index (χ0v) is 23.6. The number of esters is 1. The van der Waals surface area contributed by atoms with Crippen LogP contribution in [0.25, 0.3) is 10.8 Å². The van der Waals surface area contributed by atoms with Gasteiger partial charge >= 0.3 is 5.97 Å². The van der Waals surface area contributed by atoms with Crippen LogP contribution in [0.4, 0.5) is 5.69 Å². The molecule has 9 nitrogen and oxygen atoms in total. The van der Waals surface area contributed by atoms with Crippen LogP contribution in [0.5, 0.6) is 0 Å². The minimum atomic E-state index is -0.361. The lowest BCUT2D eigenvalue weighted by Crippen LogP contribution is -2.32. The fourth-order valence-corrected chi connectivity index (χ4v) is 4.22. The number of carbonyl (C=O) groups excluding carboxylic acids is 2. The fraction of sp³-hybridized carbons (Fsp3) is 0.303. The largest absolute Gasteiger partial charge is 0.460 e. The summed E-state index contributed by atoms with van der Waals surface area (Å²) in [4.78, 5) is 29.2. The fourth-order valence-electron chi connectivity index (χ4n) is 4.22. The monoisotopic (exact) mass is 571 g/mol. The van der Waals surface area contributed by atoms with Crippen LogP contribution in [0.3, 0.4) is 0 Å². The van der Waals surface area contributed by atoms with Crippen molar-refractivity contribution in [3.05, 3.63) is 108 Å². The summed E-state index contributed by atoms with van der Waals surface area (Å²) in [5.41, 5.74) is 2.21. The van der Waals surface area contributed by atoms with Gasteiger partial charge in [-0.15, -0.1) is 0 Å². The Labute approximate surface area is 246 Å². The average molecular weight is 572 g/mol. The highest BCUT2D eigenvalue weighted by molar-refractivity contribution is 5.98. The second-order valence-electron chi connectivity index (χ2n) is 9.43. The van der Waals surface area contributed by atoms with Crippen LogP contribution >= 0.6 is 0 Å². The molecule has 0 fully saturated rings. The van der Waals surface area contributed by atoms with Crippen LogP contribution in [0.1, 0.15) is 21.8 Å². The van der Waals surface area contributed by atoms with Crippen molar-refractivity contribution in [2.75, 3.05) is 64.7 Å². The molecule has 1 heterocycles. The third-order valence-electron chi connectivity index (χ3n) is 6.41. The Hall–Kier alpha value is -4.15. The van der Waals surface area contributed by atoms with Gasteiger partial charge in [0.15, 0.2) is 0 Å². The highest BCUT2D eigenvalue weighted by atomic mass is 16.6. The zero-order valence-electron chi connectivity index (χ0n) is 23.6. The normalized spacial score (nSPS) is 11.7. The molecule has 1 atom stereocenters. The number of anilines is 1. The zero-order chi connectivity index (χ0) is 29.2. The molecular weight excluding hydrogens is 534 g/mol. The average Bonchev–Trinajstić information content (AvgIpc) is 3.03. The Bertz CT molecular complexity index is 1370. The number of ether oxygens (including phenoxy) is 4. The molecule has 42 heavy (non-hydrogen) atoms. The van der Waals surface area contributed by atoms with Crippen molar-refractivity contribution in [2.45, 2.75) is 5.92 Å². The van der Waals surface area contributed by atoms with Crippen molar-refractivity contribution in [3.8, 4) is 0 Å². The van der Waals surface area contributed by atoms with Crippen molar-refractivity contribution < 1.29 is 28.5 Å². The first-order valence-electron chi connectivity index (χ1n) is 14.1. The number of nitrogens with one attached hydrogen (secondary N) is 2. The molecule has 4 aromatic rings. The maximum atomic E-state index is 13.2. The summed E-state index contributed by atoms with van der Waals surface area (Å²) in [6, 6.07) is 26.3. The predicted molar refractivity (Wildman–Crippen MR) is 162 cm³/mol. The van der Waals surface area contributed by atoms with E-state index in [2.05, 4.69) is 15.6 Å². The molecule has 0 aliphatic carbocycles. The lowest BCUT2D eigenvalue weighted by molar-refractivity contribution is -0.117. The number of rotatable bonds is 18. The SMILES string of the molecule is O=C(OCCOCCOCCOCCNC[C@@H](C(=O)Nc1ccc2cnccc2c1)c1ccccc1)c1ccccc1. The highest BCUT2D eigenvalue weighted by Gasteiger charge is 2.20. The molecule has 0 bridgehead atoms. The van der Waals surface area contributed by atoms with Gasteiger partial charge in [0.05, 0.1) is 51.1 Å². The maximum absolute atomic E-state index is 13.2. The number of fused-ring (bicyclic) bond motifs is 1. The van der Waals surface area contributed by atoms with Gasteiger partial charge < -0.3 is 29.6 Å². The van der Waals surface area contributed by atoms with Gasteiger partial charge in [-0.1, -0.05) is 54.6 Å². The molecule has 0 radical (unpaired) electrons. The van der Waals surface area contributed by atoms with E-state index in [0.29, 0.717) is 58.3 Å². The molecule has 9 heteroatoms. The number of hydrogen-bond donors (Lipinski definition) is 2. The number of nitrogens with zero attached hydrogens (tertiary/aromatic N) is 1. The van der Waals surface area contributed by atoms with E-state index in [1.807, 2.05) is 60.7 Å². The Morgan fingerprint density at radius 3 is 2.12 bits per heavy atom. The maximum Gasteiger partial charge on any atom is 0.338 e. The first kappa shape index (κ1) is 30.8. The van der Waals surface area contributed by atoms with Crippen molar-refractivity contribution >= 4 is 28.3 Å². The summed E-state index contributed by atoms with van der Waals surface area (Å²) in [6.45, 7) is 3.81. The van der Waals surface area contributed by atoms with Crippen LogP contribution in [0.15, 0.2) is 97.3 Å². The highest BCUT2D eigenvalue weighted by Crippen LogP contribution is 2.21. The molecule has 0 aliphatic heterocycles. The van der Waals surface area contributed by atoms with Crippen LogP contribution in [0, 0.1) is 0 Å². The van der Waals surface area contributed by atoms with Gasteiger partial charge in [-0.25, -0.2) is 4.79 Å². The van der Waals surface area contributed by atoms with Gasteiger partial charge in [0.2, 0.25) is 5.91 Å². The van der Waals surface area contributed by atoms with E-state index < -0.39 is 0 Å². The van der Waals surface area contributed by atoms with Crippen LogP contribution < -0.4 is 10.6 Å². The summed E-state index contributed by atoms with van der Waals surface area (Å²) < 4.78 is 21.7. The van der Waals surface area contributed by atoms with Gasteiger partial charge in [0.1, 0.15) is 6.61 Å². The van der Waals surface area contributed by atoms with Gasteiger partial charge in [0.25, 0.3) is 0 Å². The molecule has 0 aliphatic rings. The molecular formula is C33H37N3O6.